The third-order valence-electron chi connectivity index (χ3n) is 6.28. The van der Waals surface area contributed by atoms with Crippen molar-refractivity contribution in [2.24, 2.45) is 0 Å². The molecule has 0 unspecified atom stereocenters. The van der Waals surface area contributed by atoms with Gasteiger partial charge < -0.3 is 20.2 Å². The van der Waals surface area contributed by atoms with Crippen molar-refractivity contribution in [1.82, 2.24) is 30.2 Å². The maximum atomic E-state index is 12.4. The molecule has 1 saturated carbocycles. The van der Waals surface area contributed by atoms with Crippen molar-refractivity contribution in [3.05, 3.63) is 47.8 Å². The maximum Gasteiger partial charge on any atom is 0.390 e. The van der Waals surface area contributed by atoms with Gasteiger partial charge in [0.05, 0.1) is 30.4 Å². The molecule has 2 aromatic heterocycles. The smallest absolute Gasteiger partial charge is 0.352 e. The van der Waals surface area contributed by atoms with Gasteiger partial charge in [0.25, 0.3) is 5.91 Å². The Morgan fingerprint density at radius 1 is 0.952 bits per heavy atom. The van der Waals surface area contributed by atoms with Crippen molar-refractivity contribution >= 4 is 22.8 Å². The Morgan fingerprint density at radius 3 is 2.26 bits per heavy atom. The fraction of sp³-hybridized carbons (Fsp3) is 0.538. The zero-order chi connectivity index (χ0) is 31.0. The summed E-state index contributed by atoms with van der Waals surface area (Å²) in [6.45, 7) is -0.464. The number of hydrogen-bond donors (Lipinski definition) is 3. The number of aromatic nitrogens is 4. The molecule has 0 aliphatic heterocycles. The van der Waals surface area contributed by atoms with Crippen LogP contribution in [0.25, 0.3) is 11.0 Å². The van der Waals surface area contributed by atoms with E-state index < -0.39 is 55.9 Å². The molecule has 0 atom stereocenters. The molecule has 0 spiro atoms. The molecule has 42 heavy (non-hydrogen) atoms. The Morgan fingerprint density at radius 2 is 1.64 bits per heavy atom. The maximum absolute atomic E-state index is 12.4. The van der Waals surface area contributed by atoms with Crippen LogP contribution in [-0.4, -0.2) is 49.6 Å². The van der Waals surface area contributed by atoms with Gasteiger partial charge in [0.1, 0.15) is 5.82 Å². The molecule has 1 aliphatic carbocycles. The van der Waals surface area contributed by atoms with E-state index in [1.54, 1.807) is 18.2 Å². The summed E-state index contributed by atoms with van der Waals surface area (Å²) in [5.41, 5.74) is 1.74. The Labute approximate surface area is 235 Å². The average Bonchev–Trinajstić information content (AvgIpc) is 3.54. The van der Waals surface area contributed by atoms with Gasteiger partial charge >= 0.3 is 12.4 Å². The number of H-pyrrole nitrogens is 1. The first-order chi connectivity index (χ1) is 19.6. The topological polar surface area (TPSA) is 105 Å². The van der Waals surface area contributed by atoms with Crippen LogP contribution in [0.5, 0.6) is 0 Å². The summed E-state index contributed by atoms with van der Waals surface area (Å²) in [5.74, 6) is -3.51. The van der Waals surface area contributed by atoms with Gasteiger partial charge in [-0.15, -0.1) is 0 Å². The van der Waals surface area contributed by atoms with Crippen molar-refractivity contribution in [3.8, 4) is 0 Å². The lowest BCUT2D eigenvalue weighted by molar-refractivity contribution is -0.144. The third-order valence-corrected chi connectivity index (χ3v) is 6.28. The first-order valence-corrected chi connectivity index (χ1v) is 13.2. The number of carbonyl (C=O) groups excluding carboxylic acids is 2. The number of rotatable bonds is 9. The highest BCUT2D eigenvalue weighted by molar-refractivity contribution is 5.90. The number of hydrogen-bond acceptors (Lipinski definition) is 4. The van der Waals surface area contributed by atoms with E-state index in [1.807, 2.05) is 0 Å². The molecule has 1 aromatic carbocycles. The molecule has 4 rings (SSSR count). The fourth-order valence-corrected chi connectivity index (χ4v) is 4.11. The van der Waals surface area contributed by atoms with Crippen LogP contribution in [-0.2, 0) is 24.4 Å². The number of aryl methyl sites for hydroxylation is 1. The van der Waals surface area contributed by atoms with Crippen molar-refractivity contribution in [1.29, 1.82) is 0 Å². The van der Waals surface area contributed by atoms with Crippen LogP contribution in [0.4, 0.5) is 35.1 Å². The van der Waals surface area contributed by atoms with Gasteiger partial charge in [0.15, 0.2) is 5.82 Å². The van der Waals surface area contributed by atoms with Crippen molar-refractivity contribution < 1.29 is 44.7 Å². The van der Waals surface area contributed by atoms with Crippen LogP contribution >= 0.6 is 0 Å². The number of aromatic amines is 1. The SMILES string of the molecule is FC1(F)CCCCC1.O=C(CCC(F)(F)F)NCc1ccc2nc(CNC(=O)c3nccn3CCC(F)(F)F)[nH]c2c1. The number of nitrogens with zero attached hydrogens (tertiary/aromatic N) is 3. The molecule has 232 valence electrons. The molecule has 0 bridgehead atoms. The predicted molar refractivity (Wildman–Crippen MR) is 135 cm³/mol. The minimum absolute atomic E-state index is 0.0261. The molecular weight excluding hydrogens is 580 g/mol. The van der Waals surface area contributed by atoms with Crippen LogP contribution in [0.15, 0.2) is 30.6 Å². The molecule has 16 heteroatoms. The summed E-state index contributed by atoms with van der Waals surface area (Å²) in [6.07, 6.45) is -6.55. The number of halogens is 8. The van der Waals surface area contributed by atoms with Crippen molar-refractivity contribution in [2.45, 2.75) is 89.3 Å². The molecule has 0 radical (unpaired) electrons. The molecular formula is C26H30F8N6O2. The number of benzene rings is 1. The van der Waals surface area contributed by atoms with Crippen LogP contribution in [0.1, 0.15) is 73.4 Å². The molecule has 3 aromatic rings. The zero-order valence-electron chi connectivity index (χ0n) is 22.3. The Hall–Kier alpha value is -3.72. The van der Waals surface area contributed by atoms with Gasteiger partial charge in [0, 0.05) is 44.7 Å². The summed E-state index contributed by atoms with van der Waals surface area (Å²) < 4.78 is 99.4. The van der Waals surface area contributed by atoms with Crippen LogP contribution in [0.3, 0.4) is 0 Å². The number of imidazole rings is 2. The van der Waals surface area contributed by atoms with Crippen LogP contribution < -0.4 is 10.6 Å². The molecule has 8 nitrogen and oxygen atoms in total. The van der Waals surface area contributed by atoms with Crippen molar-refractivity contribution in [2.75, 3.05) is 0 Å². The highest BCUT2D eigenvalue weighted by atomic mass is 19.4. The molecule has 3 N–H and O–H groups in total. The lowest BCUT2D eigenvalue weighted by Gasteiger charge is -2.20. The lowest BCUT2D eigenvalue weighted by Crippen LogP contribution is -2.27. The number of alkyl halides is 8. The van der Waals surface area contributed by atoms with Gasteiger partial charge in [-0.3, -0.25) is 9.59 Å². The summed E-state index contributed by atoms with van der Waals surface area (Å²) >= 11 is 0. The van der Waals surface area contributed by atoms with E-state index in [0.717, 1.165) is 11.0 Å². The van der Waals surface area contributed by atoms with E-state index in [1.165, 1.54) is 12.4 Å². The highest BCUT2D eigenvalue weighted by Gasteiger charge is 2.30. The summed E-state index contributed by atoms with van der Waals surface area (Å²) in [5, 5.41) is 4.95. The second kappa shape index (κ2) is 14.0. The predicted octanol–water partition coefficient (Wildman–Crippen LogP) is 6.19. The first kappa shape index (κ1) is 32.8. The Bertz CT molecular complexity index is 1320. The van der Waals surface area contributed by atoms with E-state index in [4.69, 9.17) is 0 Å². The molecule has 1 aliphatic rings. The number of fused-ring (bicyclic) bond motifs is 1. The average molecular weight is 611 g/mol. The fourth-order valence-electron chi connectivity index (χ4n) is 4.11. The quantitative estimate of drug-likeness (QED) is 0.252. The van der Waals surface area contributed by atoms with Crippen molar-refractivity contribution in [3.63, 3.8) is 0 Å². The van der Waals surface area contributed by atoms with Gasteiger partial charge in [0.2, 0.25) is 11.8 Å². The van der Waals surface area contributed by atoms with Crippen LogP contribution in [0, 0.1) is 0 Å². The third kappa shape index (κ3) is 11.3. The Balaban J connectivity index is 0.000000521. The van der Waals surface area contributed by atoms with E-state index in [9.17, 15) is 44.7 Å². The van der Waals surface area contributed by atoms with E-state index in [0.29, 0.717) is 35.3 Å². The van der Waals surface area contributed by atoms with Gasteiger partial charge in [-0.1, -0.05) is 12.5 Å². The number of carbonyl (C=O) groups is 2. The monoisotopic (exact) mass is 610 g/mol. The molecule has 1 fully saturated rings. The molecule has 0 saturated heterocycles. The van der Waals surface area contributed by atoms with E-state index in [-0.39, 0.29) is 31.8 Å². The van der Waals surface area contributed by atoms with Gasteiger partial charge in [-0.2, -0.15) is 26.3 Å². The molecule has 2 amide bonds. The number of nitrogens with one attached hydrogen (secondary N) is 3. The summed E-state index contributed by atoms with van der Waals surface area (Å²) in [6, 6.07) is 4.94. The molecule has 2 heterocycles. The van der Waals surface area contributed by atoms with Crippen LogP contribution in [0.2, 0.25) is 0 Å². The van der Waals surface area contributed by atoms with Gasteiger partial charge in [-0.05, 0) is 30.5 Å². The first-order valence-electron chi connectivity index (χ1n) is 13.2. The zero-order valence-corrected chi connectivity index (χ0v) is 22.3. The number of amides is 2. The van der Waals surface area contributed by atoms with E-state index >= 15 is 0 Å². The standard InChI is InChI=1S/C20H20F6N6O2.C6H10F2/c21-19(22,23)4-3-16(33)28-10-12-1-2-13-14(9-12)31-15(30-13)11-29-18(34)17-27-6-8-32(17)7-5-20(24,25)26;7-6(8)4-2-1-3-5-6/h1-2,6,8-9H,3-5,7,10-11H2,(H,28,33)(H,29,34)(H,30,31);1-5H2. The van der Waals surface area contributed by atoms with E-state index in [2.05, 4.69) is 25.6 Å². The second-order valence-corrected chi connectivity index (χ2v) is 9.84. The minimum atomic E-state index is -4.40. The lowest BCUT2D eigenvalue weighted by atomic mass is 9.97. The highest BCUT2D eigenvalue weighted by Crippen LogP contribution is 2.32. The summed E-state index contributed by atoms with van der Waals surface area (Å²) in [4.78, 5) is 34.9. The Kier molecular flexibility index (Phi) is 10.9. The largest absolute Gasteiger partial charge is 0.390 e. The van der Waals surface area contributed by atoms with Gasteiger partial charge in [-0.25, -0.2) is 18.7 Å². The minimum Gasteiger partial charge on any atom is -0.352 e. The normalized spacial score (nSPS) is 15.1. The second-order valence-electron chi connectivity index (χ2n) is 9.84. The summed E-state index contributed by atoms with van der Waals surface area (Å²) in [7, 11) is 0.